The predicted octanol–water partition coefficient (Wildman–Crippen LogP) is 1.34. The second-order valence-electron chi connectivity index (χ2n) is 5.34. The molecule has 1 fully saturated rings. The van der Waals surface area contributed by atoms with Crippen LogP contribution in [0.25, 0.3) is 0 Å². The minimum Gasteiger partial charge on any atom is -0.388 e. The number of nitro benzene ring substituents is 1. The lowest BCUT2D eigenvalue weighted by molar-refractivity contribution is -0.384. The lowest BCUT2D eigenvalue weighted by Crippen LogP contribution is -2.37. The molecular formula is C13H18N4O3. The van der Waals surface area contributed by atoms with Crippen LogP contribution in [0.5, 0.6) is 0 Å². The molecule has 0 spiro atoms. The highest BCUT2D eigenvalue weighted by Crippen LogP contribution is 2.35. The maximum atomic E-state index is 11.5. The van der Waals surface area contributed by atoms with E-state index in [0.717, 1.165) is 5.69 Å². The molecule has 1 atom stereocenters. The number of hydrogen-bond donors (Lipinski definition) is 2. The Morgan fingerprint density at radius 1 is 1.50 bits per heavy atom. The van der Waals surface area contributed by atoms with Crippen LogP contribution in [0.2, 0.25) is 0 Å². The van der Waals surface area contributed by atoms with Crippen molar-refractivity contribution in [2.75, 3.05) is 30.4 Å². The van der Waals surface area contributed by atoms with Crippen LogP contribution in [0.1, 0.15) is 13.3 Å². The Balaban J connectivity index is 2.32. The highest BCUT2D eigenvalue weighted by molar-refractivity contribution is 5.82. The molecule has 1 aromatic rings. The van der Waals surface area contributed by atoms with Crippen molar-refractivity contribution in [1.82, 2.24) is 0 Å². The first-order chi connectivity index (χ1) is 9.35. The molecule has 0 bridgehead atoms. The van der Waals surface area contributed by atoms with Crippen molar-refractivity contribution in [2.45, 2.75) is 13.3 Å². The van der Waals surface area contributed by atoms with E-state index < -0.39 is 10.3 Å². The molecule has 0 saturated carbocycles. The first kappa shape index (κ1) is 14.1. The smallest absolute Gasteiger partial charge is 0.273 e. The van der Waals surface area contributed by atoms with Gasteiger partial charge in [-0.15, -0.1) is 0 Å². The summed E-state index contributed by atoms with van der Waals surface area (Å²) in [6, 6.07) is 4.83. The molecule has 0 radical (unpaired) electrons. The molecule has 1 aromatic carbocycles. The monoisotopic (exact) mass is 278 g/mol. The van der Waals surface area contributed by atoms with Gasteiger partial charge in [-0.05, 0) is 19.4 Å². The van der Waals surface area contributed by atoms with Crippen LogP contribution < -0.4 is 16.0 Å². The van der Waals surface area contributed by atoms with Gasteiger partial charge in [-0.2, -0.15) is 0 Å². The normalized spacial score (nSPS) is 21.8. The average Bonchev–Trinajstić information content (AvgIpc) is 2.82. The Kier molecular flexibility index (Phi) is 3.52. The summed E-state index contributed by atoms with van der Waals surface area (Å²) in [7, 11) is 1.71. The van der Waals surface area contributed by atoms with E-state index in [1.807, 2.05) is 17.9 Å². The van der Waals surface area contributed by atoms with Gasteiger partial charge in [-0.25, -0.2) is 0 Å². The third kappa shape index (κ3) is 2.52. The second-order valence-corrected chi connectivity index (χ2v) is 5.34. The molecule has 1 aliphatic heterocycles. The van der Waals surface area contributed by atoms with Crippen LogP contribution >= 0.6 is 0 Å². The number of nitrogens with one attached hydrogen (secondary N) is 1. The number of rotatable bonds is 4. The predicted molar refractivity (Wildman–Crippen MR) is 76.8 cm³/mol. The summed E-state index contributed by atoms with van der Waals surface area (Å²) in [5, 5.41) is 13.9. The van der Waals surface area contributed by atoms with Gasteiger partial charge in [0.05, 0.1) is 10.3 Å². The number of nitro groups is 1. The third-order valence-electron chi connectivity index (χ3n) is 3.84. The summed E-state index contributed by atoms with van der Waals surface area (Å²) in [6.07, 6.45) is 0.653. The summed E-state index contributed by atoms with van der Waals surface area (Å²) >= 11 is 0. The molecule has 7 heteroatoms. The maximum absolute atomic E-state index is 11.5. The largest absolute Gasteiger partial charge is 0.388 e. The van der Waals surface area contributed by atoms with Crippen molar-refractivity contribution in [3.8, 4) is 0 Å². The summed E-state index contributed by atoms with van der Waals surface area (Å²) in [6.45, 7) is 2.96. The zero-order chi connectivity index (χ0) is 14.9. The van der Waals surface area contributed by atoms with E-state index in [0.29, 0.717) is 25.2 Å². The van der Waals surface area contributed by atoms with Gasteiger partial charge in [0.2, 0.25) is 5.91 Å². The van der Waals surface area contributed by atoms with E-state index in [4.69, 9.17) is 5.73 Å². The molecule has 1 aliphatic rings. The van der Waals surface area contributed by atoms with Crippen LogP contribution in [0, 0.1) is 15.5 Å². The number of hydrogen-bond acceptors (Lipinski definition) is 5. The van der Waals surface area contributed by atoms with E-state index in [2.05, 4.69) is 5.32 Å². The summed E-state index contributed by atoms with van der Waals surface area (Å²) in [5.41, 5.74) is 6.27. The highest BCUT2D eigenvalue weighted by Gasteiger charge is 2.39. The van der Waals surface area contributed by atoms with Crippen molar-refractivity contribution in [1.29, 1.82) is 0 Å². The van der Waals surface area contributed by atoms with E-state index in [9.17, 15) is 14.9 Å². The fourth-order valence-corrected chi connectivity index (χ4v) is 2.41. The number of benzene rings is 1. The molecule has 3 N–H and O–H groups in total. The van der Waals surface area contributed by atoms with Gasteiger partial charge < -0.3 is 16.0 Å². The number of carbonyl (C=O) groups excluding carboxylic acids is 1. The lowest BCUT2D eigenvalue weighted by atomic mass is 9.89. The number of nitrogens with zero attached hydrogens (tertiary/aromatic N) is 2. The van der Waals surface area contributed by atoms with Gasteiger partial charge in [0.15, 0.2) is 0 Å². The number of primary amides is 1. The fraction of sp³-hybridized carbons (Fsp3) is 0.462. The first-order valence-electron chi connectivity index (χ1n) is 6.38. The number of carbonyl (C=O) groups is 1. The SMILES string of the molecule is CNc1cc(N2CCC(C)(C(N)=O)C2)cc([N+](=O)[O-])c1. The van der Waals surface area contributed by atoms with Crippen molar-refractivity contribution in [3.05, 3.63) is 28.3 Å². The Labute approximate surface area is 116 Å². The molecule has 1 unspecified atom stereocenters. The maximum Gasteiger partial charge on any atom is 0.273 e. The van der Waals surface area contributed by atoms with Crippen molar-refractivity contribution in [3.63, 3.8) is 0 Å². The van der Waals surface area contributed by atoms with E-state index >= 15 is 0 Å². The summed E-state index contributed by atoms with van der Waals surface area (Å²) in [4.78, 5) is 24.0. The number of non-ortho nitro benzene ring substituents is 1. The van der Waals surface area contributed by atoms with Crippen molar-refractivity contribution in [2.24, 2.45) is 11.1 Å². The summed E-state index contributed by atoms with van der Waals surface area (Å²) in [5.74, 6) is -0.334. The summed E-state index contributed by atoms with van der Waals surface area (Å²) < 4.78 is 0. The van der Waals surface area contributed by atoms with E-state index in [-0.39, 0.29) is 11.6 Å². The minimum absolute atomic E-state index is 0.0273. The van der Waals surface area contributed by atoms with Gasteiger partial charge in [-0.3, -0.25) is 14.9 Å². The lowest BCUT2D eigenvalue weighted by Gasteiger charge is -2.22. The van der Waals surface area contributed by atoms with Crippen LogP contribution in [0.15, 0.2) is 18.2 Å². The van der Waals surface area contributed by atoms with Gasteiger partial charge in [-0.1, -0.05) is 0 Å². The standard InChI is InChI=1S/C13H18N4O3/c1-13(12(14)18)3-4-16(8-13)10-5-9(15-2)6-11(7-10)17(19)20/h5-7,15H,3-4,8H2,1-2H3,(H2,14,18). The van der Waals surface area contributed by atoms with Crippen molar-refractivity contribution < 1.29 is 9.72 Å². The Hall–Kier alpha value is -2.31. The quantitative estimate of drug-likeness (QED) is 0.639. The Morgan fingerprint density at radius 3 is 2.70 bits per heavy atom. The molecular weight excluding hydrogens is 260 g/mol. The molecule has 2 rings (SSSR count). The topological polar surface area (TPSA) is 102 Å². The fourth-order valence-electron chi connectivity index (χ4n) is 2.41. The number of anilines is 2. The zero-order valence-electron chi connectivity index (χ0n) is 11.5. The average molecular weight is 278 g/mol. The van der Waals surface area contributed by atoms with E-state index in [1.54, 1.807) is 7.05 Å². The third-order valence-corrected chi connectivity index (χ3v) is 3.84. The Bertz CT molecular complexity index is 561. The highest BCUT2D eigenvalue weighted by atomic mass is 16.6. The molecule has 1 amide bonds. The van der Waals surface area contributed by atoms with Crippen LogP contribution in [-0.4, -0.2) is 31.0 Å². The van der Waals surface area contributed by atoms with Gasteiger partial charge in [0.1, 0.15) is 0 Å². The van der Waals surface area contributed by atoms with Gasteiger partial charge in [0, 0.05) is 43.6 Å². The molecule has 1 saturated heterocycles. The minimum atomic E-state index is -0.579. The van der Waals surface area contributed by atoms with Crippen molar-refractivity contribution >= 4 is 23.0 Å². The van der Waals surface area contributed by atoms with Gasteiger partial charge >= 0.3 is 0 Å². The number of nitrogens with two attached hydrogens (primary N) is 1. The van der Waals surface area contributed by atoms with Crippen LogP contribution in [0.4, 0.5) is 17.1 Å². The Morgan fingerprint density at radius 2 is 2.20 bits per heavy atom. The second kappa shape index (κ2) is 4.99. The van der Waals surface area contributed by atoms with Crippen LogP contribution in [0.3, 0.4) is 0 Å². The van der Waals surface area contributed by atoms with Gasteiger partial charge in [0.25, 0.3) is 5.69 Å². The molecule has 1 heterocycles. The molecule has 0 aromatic heterocycles. The molecule has 7 nitrogen and oxygen atoms in total. The first-order valence-corrected chi connectivity index (χ1v) is 6.38. The molecule has 20 heavy (non-hydrogen) atoms. The number of amides is 1. The van der Waals surface area contributed by atoms with Crippen LogP contribution in [-0.2, 0) is 4.79 Å². The van der Waals surface area contributed by atoms with E-state index in [1.165, 1.54) is 12.1 Å². The molecule has 0 aliphatic carbocycles. The molecule has 108 valence electrons. The zero-order valence-corrected chi connectivity index (χ0v) is 11.5.